The molecule has 2 N–H and O–H groups in total. The summed E-state index contributed by atoms with van der Waals surface area (Å²) in [6, 6.07) is 0. The number of halogens is 3. The van der Waals surface area contributed by atoms with E-state index in [2.05, 4.69) is 5.32 Å². The monoisotopic (exact) mass is 211 g/mol. The Balaban J connectivity index is 2.31. The number of aliphatic hydroxyl groups is 1. The number of nitrogens with one attached hydrogen (secondary N) is 1. The number of ether oxygens (including phenoxy) is 1. The van der Waals surface area contributed by atoms with E-state index >= 15 is 0 Å². The highest BCUT2D eigenvalue weighted by atomic mass is 19.4. The Kier molecular flexibility index (Phi) is 2.24. The molecule has 0 radical (unpaired) electrons. The molecular weight excluding hydrogens is 199 g/mol. The molecule has 0 aromatic heterocycles. The van der Waals surface area contributed by atoms with Gasteiger partial charge in [0, 0.05) is 24.9 Å². The first-order chi connectivity index (χ1) is 6.46. The number of alkyl halides is 3. The summed E-state index contributed by atoms with van der Waals surface area (Å²) in [4.78, 5) is 0. The van der Waals surface area contributed by atoms with Crippen molar-refractivity contribution < 1.29 is 23.0 Å². The second kappa shape index (κ2) is 3.08. The molecule has 2 aliphatic heterocycles. The lowest BCUT2D eigenvalue weighted by Crippen LogP contribution is -2.68. The predicted octanol–water partition coefficient (Wildman–Crippen LogP) is 0.146. The molecule has 0 aromatic rings. The van der Waals surface area contributed by atoms with Gasteiger partial charge in [-0.05, 0) is 0 Å². The Morgan fingerprint density at radius 3 is 2.07 bits per heavy atom. The maximum absolute atomic E-state index is 12.7. The Morgan fingerprint density at radius 2 is 1.71 bits per heavy atom. The van der Waals surface area contributed by atoms with Crippen LogP contribution in [0.25, 0.3) is 0 Å². The number of fused-ring (bicyclic) bond motifs is 2. The van der Waals surface area contributed by atoms with Crippen LogP contribution in [0.15, 0.2) is 0 Å². The summed E-state index contributed by atoms with van der Waals surface area (Å²) in [6.45, 7) is 0.262. The van der Waals surface area contributed by atoms with Gasteiger partial charge in [0.15, 0.2) is 5.60 Å². The standard InChI is InChI=1S/C8H12F3NO2/c9-8(10,11)7(13)5-1-12-2-6(7)4-14-3-5/h5-6,12-13H,1-4H2/t5-,6-/m0/s1. The molecule has 2 heterocycles. The van der Waals surface area contributed by atoms with E-state index < -0.39 is 23.6 Å². The molecule has 2 saturated heterocycles. The number of hydrogen-bond acceptors (Lipinski definition) is 3. The Hall–Kier alpha value is -0.330. The first-order valence-corrected chi connectivity index (χ1v) is 4.54. The van der Waals surface area contributed by atoms with Gasteiger partial charge in [0.1, 0.15) is 0 Å². The van der Waals surface area contributed by atoms with Crippen molar-refractivity contribution in [3.8, 4) is 0 Å². The summed E-state index contributed by atoms with van der Waals surface area (Å²) in [5.74, 6) is -1.76. The number of hydrogen-bond donors (Lipinski definition) is 2. The molecule has 2 fully saturated rings. The van der Waals surface area contributed by atoms with Crippen molar-refractivity contribution in [3.63, 3.8) is 0 Å². The minimum atomic E-state index is -4.56. The van der Waals surface area contributed by atoms with Crippen LogP contribution in [0.2, 0.25) is 0 Å². The van der Waals surface area contributed by atoms with E-state index in [0.717, 1.165) is 0 Å². The summed E-state index contributed by atoms with van der Waals surface area (Å²) in [6.07, 6.45) is -4.56. The largest absolute Gasteiger partial charge is 0.418 e. The van der Waals surface area contributed by atoms with Crippen molar-refractivity contribution in [1.29, 1.82) is 0 Å². The molecule has 2 aliphatic rings. The normalized spacial score (nSPS) is 43.7. The van der Waals surface area contributed by atoms with Crippen LogP contribution in [0.1, 0.15) is 0 Å². The summed E-state index contributed by atoms with van der Waals surface area (Å²) < 4.78 is 43.2. The zero-order valence-electron chi connectivity index (χ0n) is 7.47. The summed E-state index contributed by atoms with van der Waals surface area (Å²) in [5.41, 5.74) is -2.56. The summed E-state index contributed by atoms with van der Waals surface area (Å²) in [7, 11) is 0. The third-order valence-electron chi connectivity index (χ3n) is 3.12. The fourth-order valence-electron chi connectivity index (χ4n) is 2.26. The second-order valence-electron chi connectivity index (χ2n) is 3.91. The van der Waals surface area contributed by atoms with Crippen LogP contribution >= 0.6 is 0 Å². The van der Waals surface area contributed by atoms with Crippen LogP contribution < -0.4 is 5.32 Å². The van der Waals surface area contributed by atoms with Crippen LogP contribution in [0, 0.1) is 11.8 Å². The molecule has 0 saturated carbocycles. The smallest absolute Gasteiger partial charge is 0.381 e. The van der Waals surface area contributed by atoms with E-state index in [9.17, 15) is 18.3 Å². The van der Waals surface area contributed by atoms with Gasteiger partial charge < -0.3 is 15.2 Å². The molecule has 2 atom stereocenters. The number of rotatable bonds is 0. The van der Waals surface area contributed by atoms with Crippen molar-refractivity contribution in [3.05, 3.63) is 0 Å². The molecule has 3 nitrogen and oxygen atoms in total. The van der Waals surface area contributed by atoms with E-state index in [1.165, 1.54) is 0 Å². The Bertz CT molecular complexity index is 209. The lowest BCUT2D eigenvalue weighted by Gasteiger charge is -2.49. The van der Waals surface area contributed by atoms with Gasteiger partial charge in [0.05, 0.1) is 13.2 Å². The van der Waals surface area contributed by atoms with E-state index in [1.807, 2.05) is 0 Å². The zero-order valence-corrected chi connectivity index (χ0v) is 7.47. The number of piperidine rings is 1. The molecular formula is C8H12F3NO2. The highest BCUT2D eigenvalue weighted by Crippen LogP contribution is 2.45. The van der Waals surface area contributed by atoms with Crippen LogP contribution in [0.5, 0.6) is 0 Å². The van der Waals surface area contributed by atoms with Gasteiger partial charge in [-0.1, -0.05) is 0 Å². The van der Waals surface area contributed by atoms with E-state index in [4.69, 9.17) is 4.74 Å². The highest BCUT2D eigenvalue weighted by molar-refractivity contribution is 5.04. The quantitative estimate of drug-likeness (QED) is 0.599. The van der Waals surface area contributed by atoms with Crippen LogP contribution in [-0.2, 0) is 4.74 Å². The lowest BCUT2D eigenvalue weighted by atomic mass is 9.72. The SMILES string of the molecule is OC1(C(F)(F)F)[C@H]2CNC[C@H]1COC2. The maximum atomic E-state index is 12.7. The lowest BCUT2D eigenvalue weighted by molar-refractivity contribution is -0.327. The molecule has 2 bridgehead atoms. The molecule has 0 unspecified atom stereocenters. The molecule has 82 valence electrons. The third-order valence-corrected chi connectivity index (χ3v) is 3.12. The van der Waals surface area contributed by atoms with E-state index in [-0.39, 0.29) is 26.3 Å². The average Bonchev–Trinajstić information content (AvgIpc) is 2.00. The minimum absolute atomic E-state index is 0.0283. The fourth-order valence-corrected chi connectivity index (χ4v) is 2.26. The molecule has 14 heavy (non-hydrogen) atoms. The van der Waals surface area contributed by atoms with Crippen molar-refractivity contribution in [2.45, 2.75) is 11.8 Å². The molecule has 6 heteroatoms. The van der Waals surface area contributed by atoms with Crippen molar-refractivity contribution in [1.82, 2.24) is 5.32 Å². The van der Waals surface area contributed by atoms with Crippen molar-refractivity contribution >= 4 is 0 Å². The van der Waals surface area contributed by atoms with Gasteiger partial charge >= 0.3 is 6.18 Å². The molecule has 0 amide bonds. The Morgan fingerprint density at radius 1 is 1.21 bits per heavy atom. The Labute approximate surface area is 79.2 Å². The average molecular weight is 211 g/mol. The first-order valence-electron chi connectivity index (χ1n) is 4.54. The second-order valence-corrected chi connectivity index (χ2v) is 3.91. The van der Waals surface area contributed by atoms with Gasteiger partial charge in [-0.25, -0.2) is 0 Å². The van der Waals surface area contributed by atoms with Crippen molar-refractivity contribution in [2.75, 3.05) is 26.3 Å². The van der Waals surface area contributed by atoms with E-state index in [1.54, 1.807) is 0 Å². The molecule has 0 aromatic carbocycles. The molecule has 2 rings (SSSR count). The predicted molar refractivity (Wildman–Crippen MR) is 41.7 cm³/mol. The van der Waals surface area contributed by atoms with Crippen molar-refractivity contribution in [2.24, 2.45) is 11.8 Å². The first kappa shape index (κ1) is 10.2. The molecule has 0 aliphatic carbocycles. The van der Waals surface area contributed by atoms with Gasteiger partial charge in [-0.15, -0.1) is 0 Å². The van der Waals surface area contributed by atoms with Crippen LogP contribution in [0.3, 0.4) is 0 Å². The highest BCUT2D eigenvalue weighted by Gasteiger charge is 2.65. The molecule has 0 spiro atoms. The summed E-state index contributed by atoms with van der Waals surface area (Å²) in [5, 5.41) is 12.6. The van der Waals surface area contributed by atoms with Crippen LogP contribution in [-0.4, -0.2) is 43.2 Å². The maximum Gasteiger partial charge on any atom is 0.418 e. The van der Waals surface area contributed by atoms with Gasteiger partial charge in [0.2, 0.25) is 0 Å². The minimum Gasteiger partial charge on any atom is -0.381 e. The fraction of sp³-hybridized carbons (Fsp3) is 1.00. The summed E-state index contributed by atoms with van der Waals surface area (Å²) >= 11 is 0. The van der Waals surface area contributed by atoms with Crippen LogP contribution in [0.4, 0.5) is 13.2 Å². The van der Waals surface area contributed by atoms with Gasteiger partial charge in [-0.3, -0.25) is 0 Å². The van der Waals surface area contributed by atoms with Gasteiger partial charge in [0.25, 0.3) is 0 Å². The van der Waals surface area contributed by atoms with E-state index in [0.29, 0.717) is 0 Å². The third kappa shape index (κ3) is 1.24. The van der Waals surface area contributed by atoms with Gasteiger partial charge in [-0.2, -0.15) is 13.2 Å². The topological polar surface area (TPSA) is 41.5 Å². The zero-order chi connectivity index (χ0) is 10.4.